The van der Waals surface area contributed by atoms with Gasteiger partial charge in [-0.25, -0.2) is 0 Å². The van der Waals surface area contributed by atoms with E-state index in [9.17, 15) is 0 Å². The molecule has 0 heterocycles. The average Bonchev–Trinajstić information content (AvgIpc) is 0.792. The quantitative estimate of drug-likeness (QED) is 0.0946. The molecule has 0 saturated heterocycles. The predicted octanol–water partition coefficient (Wildman–Crippen LogP) is 30.7. The van der Waals surface area contributed by atoms with Gasteiger partial charge in [0, 0.05) is 0 Å². The van der Waals surface area contributed by atoms with E-state index in [2.05, 4.69) is 395 Å². The van der Waals surface area contributed by atoms with Gasteiger partial charge in [-0.1, -0.05) is 407 Å². The van der Waals surface area contributed by atoms with Crippen molar-refractivity contribution in [3.8, 4) is 11.1 Å². The lowest BCUT2D eigenvalue weighted by molar-refractivity contribution is 0.443. The molecule has 1 saturated carbocycles. The van der Waals surface area contributed by atoms with E-state index in [1.807, 2.05) is 6.07 Å². The van der Waals surface area contributed by atoms with Crippen LogP contribution in [0.3, 0.4) is 0 Å². The molecular weight excluding hydrogens is 1210 g/mol. The number of hydrogen-bond acceptors (Lipinski definition) is 0. The van der Waals surface area contributed by atoms with Gasteiger partial charge in [0.25, 0.3) is 0 Å². The summed E-state index contributed by atoms with van der Waals surface area (Å²) in [6.45, 7) is 33.5. The van der Waals surface area contributed by atoms with E-state index in [4.69, 9.17) is 0 Å². The number of benzene rings is 14. The van der Waals surface area contributed by atoms with Crippen LogP contribution in [0.15, 0.2) is 297 Å². The van der Waals surface area contributed by atoms with Crippen molar-refractivity contribution in [3.63, 3.8) is 0 Å². The van der Waals surface area contributed by atoms with Crippen molar-refractivity contribution in [1.29, 1.82) is 0 Å². The molecule has 1 aliphatic carbocycles. The molecule has 15 rings (SSSR count). The highest BCUT2D eigenvalue weighted by atomic mass is 14.2. The van der Waals surface area contributed by atoms with E-state index in [0.717, 1.165) is 11.8 Å². The summed E-state index contributed by atoms with van der Waals surface area (Å²) in [4.78, 5) is 0. The normalized spacial score (nSPS) is 12.1. The number of aryl methyl sites for hydroxylation is 1. The van der Waals surface area contributed by atoms with E-state index in [1.165, 1.54) is 159 Å². The molecular formula is C101H114. The number of rotatable bonds is 10. The van der Waals surface area contributed by atoms with Crippen LogP contribution in [-0.4, -0.2) is 0 Å². The molecule has 0 radical (unpaired) electrons. The van der Waals surface area contributed by atoms with Crippen LogP contribution in [0.2, 0.25) is 0 Å². The van der Waals surface area contributed by atoms with Gasteiger partial charge in [-0.3, -0.25) is 0 Å². The van der Waals surface area contributed by atoms with Gasteiger partial charge >= 0.3 is 0 Å². The summed E-state index contributed by atoms with van der Waals surface area (Å²) in [5, 5.41) is 16.1. The summed E-state index contributed by atoms with van der Waals surface area (Å²) in [6.07, 6.45) is 8.30. The molecule has 0 N–H and O–H groups in total. The first-order valence-corrected chi connectivity index (χ1v) is 37.9. The lowest BCUT2D eigenvalue weighted by Crippen LogP contribution is -2.04. The van der Waals surface area contributed by atoms with Crippen LogP contribution in [-0.2, 0) is 6.42 Å². The van der Waals surface area contributed by atoms with E-state index in [-0.39, 0.29) is 0 Å². The Bertz CT molecular complexity index is 4770. The van der Waals surface area contributed by atoms with E-state index >= 15 is 0 Å². The third-order valence-corrected chi connectivity index (χ3v) is 19.9. The molecule has 0 aliphatic heterocycles. The van der Waals surface area contributed by atoms with E-state index in [0.29, 0.717) is 35.5 Å². The number of fused-ring (bicyclic) bond motifs is 7. The Labute approximate surface area is 609 Å². The lowest BCUT2D eigenvalue weighted by Gasteiger charge is -2.22. The lowest BCUT2D eigenvalue weighted by atomic mass is 9.83. The van der Waals surface area contributed by atoms with Gasteiger partial charge < -0.3 is 0 Å². The summed E-state index contributed by atoms with van der Waals surface area (Å²) in [5.74, 6) is 5.25. The minimum absolute atomic E-state index is 0.569. The Kier molecular flexibility index (Phi) is 28.5. The van der Waals surface area contributed by atoms with E-state index < -0.39 is 0 Å². The summed E-state index contributed by atoms with van der Waals surface area (Å²) in [6, 6.07) is 107. The van der Waals surface area contributed by atoms with Crippen LogP contribution in [0.4, 0.5) is 0 Å². The van der Waals surface area contributed by atoms with Crippen LogP contribution in [0.5, 0.6) is 0 Å². The van der Waals surface area contributed by atoms with Gasteiger partial charge in [-0.15, -0.1) is 0 Å². The third-order valence-electron chi connectivity index (χ3n) is 19.9. The third kappa shape index (κ3) is 22.1. The van der Waals surface area contributed by atoms with Gasteiger partial charge in [0.2, 0.25) is 0 Å². The van der Waals surface area contributed by atoms with Crippen molar-refractivity contribution < 1.29 is 0 Å². The molecule has 101 heavy (non-hydrogen) atoms. The average molecular weight is 1330 g/mol. The highest BCUT2D eigenvalue weighted by molar-refractivity contribution is 6.07. The van der Waals surface area contributed by atoms with Crippen molar-refractivity contribution >= 4 is 64.6 Å². The van der Waals surface area contributed by atoms with E-state index in [1.54, 1.807) is 5.56 Å². The Morgan fingerprint density at radius 2 is 0.644 bits per heavy atom. The zero-order valence-corrected chi connectivity index (χ0v) is 63.7. The molecule has 0 nitrogen and oxygen atoms in total. The minimum Gasteiger partial charge on any atom is -0.0625 e. The fraction of sp³-hybridized carbons (Fsp3) is 0.287. The van der Waals surface area contributed by atoms with Crippen LogP contribution in [0.1, 0.15) is 221 Å². The monoisotopic (exact) mass is 1330 g/mol. The second kappa shape index (κ2) is 37.9. The Balaban J connectivity index is 0.000000138. The molecule has 0 spiro atoms. The second-order valence-corrected chi connectivity index (χ2v) is 30.2. The molecule has 1 fully saturated rings. The van der Waals surface area contributed by atoms with Gasteiger partial charge in [-0.2, -0.15) is 0 Å². The summed E-state index contributed by atoms with van der Waals surface area (Å²) in [5.41, 5.74) is 15.5. The van der Waals surface area contributed by atoms with Crippen molar-refractivity contribution in [2.45, 2.75) is 184 Å². The molecule has 0 aromatic heterocycles. The maximum Gasteiger partial charge on any atom is -0.0105 e. The molecule has 14 aromatic rings. The molecule has 14 aromatic carbocycles. The highest BCUT2D eigenvalue weighted by Gasteiger charge is 2.16. The van der Waals surface area contributed by atoms with Crippen LogP contribution in [0.25, 0.3) is 75.8 Å². The fourth-order valence-electron chi connectivity index (χ4n) is 13.7. The first-order valence-electron chi connectivity index (χ1n) is 37.9. The maximum atomic E-state index is 2.35. The highest BCUT2D eigenvalue weighted by Crippen LogP contribution is 2.35. The van der Waals surface area contributed by atoms with Crippen LogP contribution < -0.4 is 0 Å². The smallest absolute Gasteiger partial charge is 0.0105 e. The Hall–Kier alpha value is -9.36. The van der Waals surface area contributed by atoms with Gasteiger partial charge in [0.15, 0.2) is 0 Å². The predicted molar refractivity (Wildman–Crippen MR) is 449 cm³/mol. The Morgan fingerprint density at radius 3 is 1.20 bits per heavy atom. The molecule has 0 atom stereocenters. The Morgan fingerprint density at radius 1 is 0.257 bits per heavy atom. The standard InChI is InChI=1S/2C17H16.C15H22.C15H16.2C13H14.C11H16/c1-12(2)16-9-5-8-15-10-13-6-3-4-7-14(13)11-17(15)16;1-12(2)14-9-10-17-15(11-14)8-7-13-5-3-4-6-16(13)17;2*1-12(2)13-8-10-15(11-9-13)14-6-4-3-5-7-14;1-10(2)12-9-5-7-11-6-3-4-8-13(11)12;1-10(2)12-8-7-11-5-3-4-6-13(11)9-12;1-9(2)8-11-6-4-10(3)5-7-11/h2*3-12H,1-2H3;8-12,14H,3-7H2,1-2H3;3-12H,1-2H3;2*3-10H,1-2H3;4-7,9H,8H2,1-3H3. The summed E-state index contributed by atoms with van der Waals surface area (Å²) in [7, 11) is 0. The first-order chi connectivity index (χ1) is 48.8. The van der Waals surface area contributed by atoms with Crippen LogP contribution >= 0.6 is 0 Å². The van der Waals surface area contributed by atoms with Crippen molar-refractivity contribution in [1.82, 2.24) is 0 Å². The summed E-state index contributed by atoms with van der Waals surface area (Å²) < 4.78 is 0. The van der Waals surface area contributed by atoms with Crippen LogP contribution in [0, 0.1) is 12.8 Å². The molecule has 518 valence electrons. The molecule has 0 amide bonds. The topological polar surface area (TPSA) is 0 Å². The second-order valence-electron chi connectivity index (χ2n) is 30.2. The zero-order chi connectivity index (χ0) is 71.8. The minimum atomic E-state index is 0.569. The zero-order valence-electron chi connectivity index (χ0n) is 63.7. The van der Waals surface area contributed by atoms with Gasteiger partial charge in [0.1, 0.15) is 0 Å². The number of hydrogen-bond donors (Lipinski definition) is 0. The van der Waals surface area contributed by atoms with Gasteiger partial charge in [-0.05, 0) is 206 Å². The molecule has 0 bridgehead atoms. The largest absolute Gasteiger partial charge is 0.0625 e. The first kappa shape index (κ1) is 75.8. The van der Waals surface area contributed by atoms with Crippen molar-refractivity contribution in [2.24, 2.45) is 5.92 Å². The molecule has 0 heteroatoms. The molecule has 1 aliphatic rings. The molecule has 0 unspecified atom stereocenters. The SMILES string of the molecule is CC(C)c1ccc(-c2ccccc2)cc1.CC(C)c1ccc(C2CCCCC2)cc1.CC(C)c1ccc2c(ccc3ccccc32)c1.CC(C)c1ccc2ccccc2c1.CC(C)c1cccc2cc3ccccc3cc12.CC(C)c1cccc2ccccc12.Cc1ccc(CC(C)C)cc1. The van der Waals surface area contributed by atoms with Gasteiger partial charge in [0.05, 0.1) is 0 Å². The van der Waals surface area contributed by atoms with Crippen molar-refractivity contribution in [2.75, 3.05) is 0 Å². The van der Waals surface area contributed by atoms with Crippen molar-refractivity contribution in [3.05, 3.63) is 347 Å². The fourth-order valence-corrected chi connectivity index (χ4v) is 13.7. The summed E-state index contributed by atoms with van der Waals surface area (Å²) >= 11 is 0. The maximum absolute atomic E-state index is 2.35.